The number of allylic oxidation sites excluding steroid dienone is 4. The second kappa shape index (κ2) is 9.04. The Morgan fingerprint density at radius 2 is 2.08 bits per heavy atom. The van der Waals surface area contributed by atoms with Gasteiger partial charge in [-0.25, -0.2) is 0 Å². The summed E-state index contributed by atoms with van der Waals surface area (Å²) in [5.41, 5.74) is 0. The highest BCUT2D eigenvalue weighted by molar-refractivity contribution is 5.68. The van der Waals surface area contributed by atoms with Gasteiger partial charge in [-0.1, -0.05) is 24.3 Å². The molecule has 0 radical (unpaired) electrons. The first-order valence-corrected chi connectivity index (χ1v) is 4.64. The summed E-state index contributed by atoms with van der Waals surface area (Å²) in [6.45, 7) is 2.01. The van der Waals surface area contributed by atoms with Gasteiger partial charge in [-0.2, -0.15) is 0 Å². The van der Waals surface area contributed by atoms with Crippen LogP contribution in [0.15, 0.2) is 24.3 Å². The molecule has 0 heterocycles. The Bertz CT molecular complexity index is 181. The average Bonchev–Trinajstić information content (AvgIpc) is 2.16. The largest absolute Gasteiger partial charge is 0.469 e. The summed E-state index contributed by atoms with van der Waals surface area (Å²) in [5, 5.41) is 0. The molecule has 0 atom stereocenters. The van der Waals surface area contributed by atoms with Gasteiger partial charge in [-0.05, 0) is 26.2 Å². The first kappa shape index (κ1) is 11.9. The normalized spacial score (nSPS) is 11.2. The average molecular weight is 182 g/mol. The van der Waals surface area contributed by atoms with E-state index in [2.05, 4.69) is 23.0 Å². The molecule has 2 nitrogen and oxygen atoms in total. The lowest BCUT2D eigenvalue weighted by atomic mass is 10.2. The van der Waals surface area contributed by atoms with Crippen molar-refractivity contribution in [1.82, 2.24) is 0 Å². The van der Waals surface area contributed by atoms with E-state index in [1.54, 1.807) is 0 Å². The smallest absolute Gasteiger partial charge is 0.305 e. The second-order valence-corrected chi connectivity index (χ2v) is 2.74. The van der Waals surface area contributed by atoms with E-state index in [1.807, 2.05) is 13.0 Å². The van der Waals surface area contributed by atoms with Gasteiger partial charge in [-0.3, -0.25) is 4.79 Å². The van der Waals surface area contributed by atoms with Crippen LogP contribution in [-0.4, -0.2) is 13.1 Å². The molecule has 0 N–H and O–H groups in total. The number of rotatable bonds is 6. The highest BCUT2D eigenvalue weighted by Crippen LogP contribution is 1.99. The molecule has 0 rings (SSSR count). The molecule has 0 aromatic rings. The third-order valence-electron chi connectivity index (χ3n) is 1.65. The van der Waals surface area contributed by atoms with Gasteiger partial charge in [-0.15, -0.1) is 0 Å². The molecule has 74 valence electrons. The van der Waals surface area contributed by atoms with E-state index in [9.17, 15) is 4.79 Å². The van der Waals surface area contributed by atoms with Gasteiger partial charge >= 0.3 is 5.97 Å². The highest BCUT2D eigenvalue weighted by Gasteiger charge is 1.96. The molecular weight excluding hydrogens is 164 g/mol. The first-order valence-electron chi connectivity index (χ1n) is 4.64. The summed E-state index contributed by atoms with van der Waals surface area (Å²) in [4.78, 5) is 10.7. The molecule has 0 fully saturated rings. The van der Waals surface area contributed by atoms with Crippen molar-refractivity contribution in [2.24, 2.45) is 0 Å². The third kappa shape index (κ3) is 8.86. The molecule has 0 aliphatic carbocycles. The number of ether oxygens (including phenoxy) is 1. The standard InChI is InChI=1S/C11H18O2/c1-3-4-5-6-7-8-9-10-11(12)13-2/h3-4,6-7H,5,8-10H2,1-2H3/b4-3-,7-6-. The minimum Gasteiger partial charge on any atom is -0.469 e. The van der Waals surface area contributed by atoms with Gasteiger partial charge in [0.1, 0.15) is 0 Å². The molecule has 13 heavy (non-hydrogen) atoms. The van der Waals surface area contributed by atoms with Crippen molar-refractivity contribution in [3.8, 4) is 0 Å². The number of esters is 1. The summed E-state index contributed by atoms with van der Waals surface area (Å²) in [7, 11) is 1.42. The molecule has 0 aromatic carbocycles. The van der Waals surface area contributed by atoms with Crippen LogP contribution in [-0.2, 0) is 9.53 Å². The van der Waals surface area contributed by atoms with Crippen molar-refractivity contribution in [2.75, 3.05) is 7.11 Å². The van der Waals surface area contributed by atoms with E-state index in [4.69, 9.17) is 0 Å². The van der Waals surface area contributed by atoms with Gasteiger partial charge < -0.3 is 4.74 Å². The predicted octanol–water partition coefficient (Wildman–Crippen LogP) is 2.85. The van der Waals surface area contributed by atoms with Crippen LogP contribution < -0.4 is 0 Å². The van der Waals surface area contributed by atoms with Crippen molar-refractivity contribution in [3.05, 3.63) is 24.3 Å². The maximum atomic E-state index is 10.7. The molecule has 0 saturated carbocycles. The Labute approximate surface area is 80.3 Å². The number of carbonyl (C=O) groups is 1. The fourth-order valence-corrected chi connectivity index (χ4v) is 0.895. The van der Waals surface area contributed by atoms with Crippen LogP contribution in [0.2, 0.25) is 0 Å². The lowest BCUT2D eigenvalue weighted by Gasteiger charge is -1.95. The highest BCUT2D eigenvalue weighted by atomic mass is 16.5. The van der Waals surface area contributed by atoms with Crippen LogP contribution in [0.3, 0.4) is 0 Å². The summed E-state index contributed by atoms with van der Waals surface area (Å²) < 4.78 is 4.52. The molecular formula is C11H18O2. The molecule has 2 heteroatoms. The fraction of sp³-hybridized carbons (Fsp3) is 0.545. The van der Waals surface area contributed by atoms with Crippen molar-refractivity contribution >= 4 is 5.97 Å². The number of unbranched alkanes of at least 4 members (excludes halogenated alkanes) is 1. The summed E-state index contributed by atoms with van der Waals surface area (Å²) in [6, 6.07) is 0. The Kier molecular flexibility index (Phi) is 8.31. The topological polar surface area (TPSA) is 26.3 Å². The summed E-state index contributed by atoms with van der Waals surface area (Å²) in [5.74, 6) is -0.123. The van der Waals surface area contributed by atoms with Crippen molar-refractivity contribution in [3.63, 3.8) is 0 Å². The molecule has 0 saturated heterocycles. The first-order chi connectivity index (χ1) is 6.31. The molecule has 0 aliphatic rings. The monoisotopic (exact) mass is 182 g/mol. The van der Waals surface area contributed by atoms with E-state index in [0.29, 0.717) is 6.42 Å². The minimum atomic E-state index is -0.123. The van der Waals surface area contributed by atoms with Gasteiger partial charge in [0.05, 0.1) is 7.11 Å². The lowest BCUT2D eigenvalue weighted by molar-refractivity contribution is -0.140. The molecule has 0 bridgehead atoms. The number of hydrogen-bond acceptors (Lipinski definition) is 2. The number of hydrogen-bond donors (Lipinski definition) is 0. The predicted molar refractivity (Wildman–Crippen MR) is 54.4 cm³/mol. The van der Waals surface area contributed by atoms with Crippen LogP contribution >= 0.6 is 0 Å². The zero-order valence-corrected chi connectivity index (χ0v) is 8.45. The minimum absolute atomic E-state index is 0.123. The van der Waals surface area contributed by atoms with Gasteiger partial charge in [0.15, 0.2) is 0 Å². The quantitative estimate of drug-likeness (QED) is 0.358. The maximum Gasteiger partial charge on any atom is 0.305 e. The molecule has 0 unspecified atom stereocenters. The van der Waals surface area contributed by atoms with E-state index < -0.39 is 0 Å². The molecule has 0 spiro atoms. The van der Waals surface area contributed by atoms with Crippen molar-refractivity contribution in [2.45, 2.75) is 32.6 Å². The van der Waals surface area contributed by atoms with Crippen LogP contribution in [0.1, 0.15) is 32.6 Å². The molecule has 0 amide bonds. The Hall–Kier alpha value is -1.05. The molecule has 0 aromatic heterocycles. The van der Waals surface area contributed by atoms with Crippen molar-refractivity contribution in [1.29, 1.82) is 0 Å². The van der Waals surface area contributed by atoms with Gasteiger partial charge in [0, 0.05) is 6.42 Å². The zero-order chi connectivity index (χ0) is 9.94. The van der Waals surface area contributed by atoms with Crippen LogP contribution in [0.25, 0.3) is 0 Å². The van der Waals surface area contributed by atoms with E-state index >= 15 is 0 Å². The SMILES string of the molecule is C/C=C\C/C=C\CCCC(=O)OC. The van der Waals surface area contributed by atoms with E-state index in [0.717, 1.165) is 19.3 Å². The van der Waals surface area contributed by atoms with Crippen LogP contribution in [0, 0.1) is 0 Å². The lowest BCUT2D eigenvalue weighted by Crippen LogP contribution is -1.98. The van der Waals surface area contributed by atoms with Gasteiger partial charge in [0.25, 0.3) is 0 Å². The van der Waals surface area contributed by atoms with E-state index in [1.165, 1.54) is 7.11 Å². The van der Waals surface area contributed by atoms with Crippen molar-refractivity contribution < 1.29 is 9.53 Å². The molecule has 0 aliphatic heterocycles. The summed E-state index contributed by atoms with van der Waals surface area (Å²) >= 11 is 0. The summed E-state index contributed by atoms with van der Waals surface area (Å²) in [6.07, 6.45) is 11.7. The second-order valence-electron chi connectivity index (χ2n) is 2.74. The number of methoxy groups -OCH3 is 1. The van der Waals surface area contributed by atoms with E-state index in [-0.39, 0.29) is 5.97 Å². The number of carbonyl (C=O) groups excluding carboxylic acids is 1. The van der Waals surface area contributed by atoms with Gasteiger partial charge in [0.2, 0.25) is 0 Å². The zero-order valence-electron chi connectivity index (χ0n) is 8.45. The van der Waals surface area contributed by atoms with Crippen LogP contribution in [0.4, 0.5) is 0 Å². The Balaban J connectivity index is 3.24. The Morgan fingerprint density at radius 3 is 2.69 bits per heavy atom. The third-order valence-corrected chi connectivity index (χ3v) is 1.65. The van der Waals surface area contributed by atoms with Crippen LogP contribution in [0.5, 0.6) is 0 Å². The fourth-order valence-electron chi connectivity index (χ4n) is 0.895. The maximum absolute atomic E-state index is 10.7. The Morgan fingerprint density at radius 1 is 1.31 bits per heavy atom.